The van der Waals surface area contributed by atoms with Crippen molar-refractivity contribution in [3.05, 3.63) is 35.9 Å². The summed E-state index contributed by atoms with van der Waals surface area (Å²) >= 11 is 1.83. The summed E-state index contributed by atoms with van der Waals surface area (Å²) in [5.74, 6) is 1.02. The first-order chi connectivity index (χ1) is 16.3. The molecule has 1 unspecified atom stereocenters. The van der Waals surface area contributed by atoms with Gasteiger partial charge in [0.25, 0.3) is 0 Å². The number of unbranched alkanes of at least 4 members (excludes halogenated alkanes) is 16. The van der Waals surface area contributed by atoms with Crippen molar-refractivity contribution in [1.29, 1.82) is 0 Å². The van der Waals surface area contributed by atoms with E-state index in [0.29, 0.717) is 0 Å². The fourth-order valence-electron chi connectivity index (χ4n) is 4.63. The molecule has 0 aromatic heterocycles. The van der Waals surface area contributed by atoms with Gasteiger partial charge in [-0.15, -0.1) is 24.2 Å². The Labute approximate surface area is 220 Å². The fraction of sp³-hybridized carbons (Fsp3) is 0.759. The summed E-state index contributed by atoms with van der Waals surface area (Å²) in [5, 5.41) is 6.84. The number of nitrogens with one attached hydrogen (secondary N) is 2. The van der Waals surface area contributed by atoms with Crippen molar-refractivity contribution in [2.24, 2.45) is 0 Å². The van der Waals surface area contributed by atoms with Crippen LogP contribution in [0.1, 0.15) is 127 Å². The second kappa shape index (κ2) is 21.6. The summed E-state index contributed by atoms with van der Waals surface area (Å²) in [6, 6.07) is 10.3. The van der Waals surface area contributed by atoms with Crippen molar-refractivity contribution in [2.45, 2.75) is 127 Å². The van der Waals surface area contributed by atoms with Crippen LogP contribution in [0, 0.1) is 0 Å². The first kappa shape index (κ1) is 31.3. The van der Waals surface area contributed by atoms with Crippen LogP contribution in [-0.4, -0.2) is 24.2 Å². The van der Waals surface area contributed by atoms with Crippen LogP contribution >= 0.6 is 24.2 Å². The van der Waals surface area contributed by atoms with Crippen LogP contribution in [0.5, 0.6) is 0 Å². The molecule has 2 N–H and O–H groups in total. The molecule has 1 amide bonds. The zero-order chi connectivity index (χ0) is 23.4. The van der Waals surface area contributed by atoms with Gasteiger partial charge in [-0.3, -0.25) is 10.1 Å². The summed E-state index contributed by atoms with van der Waals surface area (Å²) in [7, 11) is 0. The lowest BCUT2D eigenvalue weighted by Gasteiger charge is -2.13. The zero-order valence-corrected chi connectivity index (χ0v) is 23.3. The molecule has 34 heavy (non-hydrogen) atoms. The number of hydrogen-bond donors (Lipinski definition) is 2. The summed E-state index contributed by atoms with van der Waals surface area (Å²) in [6.45, 7) is 3.11. The quantitative estimate of drug-likeness (QED) is 0.172. The van der Waals surface area contributed by atoms with E-state index in [9.17, 15) is 4.79 Å². The van der Waals surface area contributed by atoms with Crippen LogP contribution in [0.25, 0.3) is 0 Å². The molecule has 0 radical (unpaired) electrons. The molecule has 2 atom stereocenters. The molecule has 1 aliphatic heterocycles. The van der Waals surface area contributed by atoms with E-state index in [1.54, 1.807) is 0 Å². The highest BCUT2D eigenvalue weighted by atomic mass is 35.5. The van der Waals surface area contributed by atoms with E-state index in [1.807, 2.05) is 17.8 Å². The molecule has 3 nitrogen and oxygen atoms in total. The molecule has 1 saturated heterocycles. The lowest BCUT2D eigenvalue weighted by atomic mass is 10.0. The Bertz CT molecular complexity index is 601. The molecule has 1 fully saturated rings. The molecule has 1 aromatic rings. The summed E-state index contributed by atoms with van der Waals surface area (Å²) in [4.78, 5) is 12.4. The number of halogens is 1. The lowest BCUT2D eigenvalue weighted by Crippen LogP contribution is -2.42. The molecule has 0 spiro atoms. The van der Waals surface area contributed by atoms with E-state index in [0.717, 1.165) is 18.7 Å². The van der Waals surface area contributed by atoms with Gasteiger partial charge in [0.2, 0.25) is 5.91 Å². The standard InChI is InChI=1S/C29H50N2OS.ClH/c1-2-3-4-5-6-7-8-9-10-11-12-13-14-15-16-17-21-24-30-28(32)27-25-33-29(31-27)26-22-19-18-20-23-26;/h18-20,22-23,27,29,31H,2-17,21,24-25H2,1H3,(H,30,32);1H/t27-,29?;/m1./s1. The minimum absolute atomic E-state index is 0. The van der Waals surface area contributed by atoms with Crippen LogP contribution in [0.4, 0.5) is 0 Å². The van der Waals surface area contributed by atoms with Gasteiger partial charge in [0.05, 0.1) is 11.4 Å². The topological polar surface area (TPSA) is 41.1 Å². The number of carbonyl (C=O) groups is 1. The average Bonchev–Trinajstić information content (AvgIpc) is 3.34. The molecule has 196 valence electrons. The monoisotopic (exact) mass is 510 g/mol. The number of benzene rings is 1. The Balaban J connectivity index is 0.00000578. The molecule has 0 aliphatic carbocycles. The summed E-state index contributed by atoms with van der Waals surface area (Å²) < 4.78 is 0. The van der Waals surface area contributed by atoms with Gasteiger partial charge in [-0.05, 0) is 12.0 Å². The minimum atomic E-state index is -0.0639. The molecular weight excluding hydrogens is 460 g/mol. The Hall–Kier alpha value is -0.710. The normalized spacial score (nSPS) is 17.4. The lowest BCUT2D eigenvalue weighted by molar-refractivity contribution is -0.122. The van der Waals surface area contributed by atoms with Crippen LogP contribution in [0.2, 0.25) is 0 Å². The van der Waals surface area contributed by atoms with E-state index >= 15 is 0 Å². The van der Waals surface area contributed by atoms with E-state index in [4.69, 9.17) is 0 Å². The van der Waals surface area contributed by atoms with Crippen LogP contribution < -0.4 is 10.6 Å². The Morgan fingerprint density at radius 1 is 0.794 bits per heavy atom. The third-order valence-corrected chi connectivity index (χ3v) is 8.05. The van der Waals surface area contributed by atoms with Crippen molar-refractivity contribution < 1.29 is 4.79 Å². The highest BCUT2D eigenvalue weighted by molar-refractivity contribution is 7.99. The molecule has 1 aliphatic rings. The summed E-state index contributed by atoms with van der Waals surface area (Å²) in [6.07, 6.45) is 23.5. The number of amides is 1. The van der Waals surface area contributed by atoms with Gasteiger partial charge in [-0.25, -0.2) is 0 Å². The molecule has 2 rings (SSSR count). The van der Waals surface area contributed by atoms with Crippen LogP contribution in [0.15, 0.2) is 30.3 Å². The Morgan fingerprint density at radius 3 is 1.76 bits per heavy atom. The maximum atomic E-state index is 12.4. The molecule has 0 bridgehead atoms. The van der Waals surface area contributed by atoms with Crippen molar-refractivity contribution in [3.63, 3.8) is 0 Å². The van der Waals surface area contributed by atoms with Crippen molar-refractivity contribution in [1.82, 2.24) is 10.6 Å². The number of rotatable bonds is 20. The number of thioether (sulfide) groups is 1. The van der Waals surface area contributed by atoms with Crippen molar-refractivity contribution >= 4 is 30.1 Å². The molecular formula is C29H51ClN2OS. The van der Waals surface area contributed by atoms with Crippen LogP contribution in [-0.2, 0) is 4.79 Å². The fourth-order valence-corrected chi connectivity index (χ4v) is 5.87. The Morgan fingerprint density at radius 2 is 1.26 bits per heavy atom. The van der Waals surface area contributed by atoms with Gasteiger partial charge in [-0.2, -0.15) is 0 Å². The first-order valence-electron chi connectivity index (χ1n) is 14.0. The van der Waals surface area contributed by atoms with Gasteiger partial charge in [-0.1, -0.05) is 140 Å². The number of hydrogen-bond acceptors (Lipinski definition) is 3. The molecule has 0 saturated carbocycles. The number of carbonyl (C=O) groups excluding carboxylic acids is 1. The summed E-state index contributed by atoms with van der Waals surface area (Å²) in [5.41, 5.74) is 1.26. The molecule has 1 heterocycles. The third-order valence-electron chi connectivity index (χ3n) is 6.78. The van der Waals surface area contributed by atoms with Gasteiger partial charge >= 0.3 is 0 Å². The highest BCUT2D eigenvalue weighted by Gasteiger charge is 2.30. The van der Waals surface area contributed by atoms with Crippen molar-refractivity contribution in [2.75, 3.05) is 12.3 Å². The predicted octanol–water partition coefficient (Wildman–Crippen LogP) is 8.58. The largest absolute Gasteiger partial charge is 0.355 e. The SMILES string of the molecule is CCCCCCCCCCCCCCCCCCCNC(=O)[C@H]1CSC(c2ccccc2)N1.Cl. The maximum Gasteiger partial charge on any atom is 0.238 e. The minimum Gasteiger partial charge on any atom is -0.355 e. The van der Waals surface area contributed by atoms with Gasteiger partial charge in [0.1, 0.15) is 0 Å². The maximum absolute atomic E-state index is 12.4. The van der Waals surface area contributed by atoms with Gasteiger partial charge < -0.3 is 5.32 Å². The third kappa shape index (κ3) is 14.6. The van der Waals surface area contributed by atoms with Crippen molar-refractivity contribution in [3.8, 4) is 0 Å². The van der Waals surface area contributed by atoms with E-state index in [-0.39, 0.29) is 29.7 Å². The smallest absolute Gasteiger partial charge is 0.238 e. The first-order valence-corrected chi connectivity index (χ1v) is 15.1. The molecule has 5 heteroatoms. The van der Waals surface area contributed by atoms with Gasteiger partial charge in [0, 0.05) is 12.3 Å². The predicted molar refractivity (Wildman–Crippen MR) is 153 cm³/mol. The Kier molecular flexibility index (Phi) is 19.9. The van der Waals surface area contributed by atoms with E-state index in [2.05, 4.69) is 41.8 Å². The van der Waals surface area contributed by atoms with E-state index in [1.165, 1.54) is 108 Å². The van der Waals surface area contributed by atoms with E-state index < -0.39 is 0 Å². The van der Waals surface area contributed by atoms with Crippen LogP contribution in [0.3, 0.4) is 0 Å². The second-order valence-electron chi connectivity index (χ2n) is 9.79. The molecule has 1 aromatic carbocycles. The second-order valence-corrected chi connectivity index (χ2v) is 10.9. The zero-order valence-electron chi connectivity index (χ0n) is 21.7. The average molecular weight is 511 g/mol. The highest BCUT2D eigenvalue weighted by Crippen LogP contribution is 2.32. The van der Waals surface area contributed by atoms with Gasteiger partial charge in [0.15, 0.2) is 0 Å².